The van der Waals surface area contributed by atoms with Gasteiger partial charge in [-0.3, -0.25) is 4.79 Å². The van der Waals surface area contributed by atoms with Crippen molar-refractivity contribution in [1.82, 2.24) is 4.98 Å². The molecule has 1 aromatic rings. The number of carbonyl (C=O) groups is 1. The molecule has 15 heavy (non-hydrogen) atoms. The SMILES string of the molecule is CS(C)(=O)=Nc1cc(CC(=O)O)ccn1. The zero-order valence-corrected chi connectivity index (χ0v) is 9.32. The predicted molar refractivity (Wildman–Crippen MR) is 57.7 cm³/mol. The van der Waals surface area contributed by atoms with Crippen LogP contribution in [-0.4, -0.2) is 32.8 Å². The number of aliphatic carboxylic acids is 1. The van der Waals surface area contributed by atoms with E-state index in [2.05, 4.69) is 9.35 Å². The maximum Gasteiger partial charge on any atom is 0.307 e. The van der Waals surface area contributed by atoms with Crippen LogP contribution >= 0.6 is 0 Å². The molecule has 0 radical (unpaired) electrons. The molecule has 6 heteroatoms. The Kier molecular flexibility index (Phi) is 3.41. The predicted octanol–water partition coefficient (Wildman–Crippen LogP) is 1.07. The molecule has 0 amide bonds. The number of hydrogen-bond donors (Lipinski definition) is 1. The summed E-state index contributed by atoms with van der Waals surface area (Å²) in [7, 11) is -2.26. The smallest absolute Gasteiger partial charge is 0.307 e. The minimum atomic E-state index is -2.26. The second-order valence-corrected chi connectivity index (χ2v) is 5.91. The third-order valence-electron chi connectivity index (χ3n) is 1.48. The summed E-state index contributed by atoms with van der Waals surface area (Å²) < 4.78 is 15.2. The summed E-state index contributed by atoms with van der Waals surface area (Å²) in [6.07, 6.45) is 4.37. The molecule has 1 aromatic heterocycles. The maximum absolute atomic E-state index is 11.4. The standard InChI is InChI=1S/C9H12N2O3S/c1-15(2,14)11-8-5-7(3-4-10-8)6-9(12)13/h3-5H,6H2,1-2H3,(H,12,13). The van der Waals surface area contributed by atoms with Gasteiger partial charge in [0.1, 0.15) is 0 Å². The van der Waals surface area contributed by atoms with Crippen LogP contribution in [0, 0.1) is 0 Å². The van der Waals surface area contributed by atoms with Crippen LogP contribution in [0.3, 0.4) is 0 Å². The van der Waals surface area contributed by atoms with Crippen molar-refractivity contribution in [2.75, 3.05) is 12.5 Å². The number of carboxylic acids is 1. The van der Waals surface area contributed by atoms with E-state index in [4.69, 9.17) is 5.11 Å². The molecule has 0 atom stereocenters. The molecule has 0 aliphatic carbocycles. The highest BCUT2D eigenvalue weighted by atomic mass is 32.2. The van der Waals surface area contributed by atoms with Crippen LogP contribution in [0.1, 0.15) is 5.56 Å². The minimum Gasteiger partial charge on any atom is -0.481 e. The minimum absolute atomic E-state index is 0.0837. The van der Waals surface area contributed by atoms with Crippen LogP contribution in [0.15, 0.2) is 22.7 Å². The van der Waals surface area contributed by atoms with Crippen molar-refractivity contribution in [3.63, 3.8) is 0 Å². The van der Waals surface area contributed by atoms with Gasteiger partial charge in [0, 0.05) is 28.4 Å². The van der Waals surface area contributed by atoms with Crippen LogP contribution in [-0.2, 0) is 20.9 Å². The lowest BCUT2D eigenvalue weighted by Gasteiger charge is -1.99. The molecule has 0 spiro atoms. The quantitative estimate of drug-likeness (QED) is 0.839. The van der Waals surface area contributed by atoms with Gasteiger partial charge in [-0.25, -0.2) is 9.19 Å². The highest BCUT2D eigenvalue weighted by Gasteiger charge is 2.02. The summed E-state index contributed by atoms with van der Waals surface area (Å²) in [5, 5.41) is 8.58. The van der Waals surface area contributed by atoms with Crippen molar-refractivity contribution in [3.05, 3.63) is 23.9 Å². The van der Waals surface area contributed by atoms with E-state index in [0.717, 1.165) is 0 Å². The second-order valence-electron chi connectivity index (χ2n) is 3.37. The van der Waals surface area contributed by atoms with E-state index in [1.807, 2.05) is 0 Å². The molecule has 0 unspecified atom stereocenters. The van der Waals surface area contributed by atoms with E-state index >= 15 is 0 Å². The lowest BCUT2D eigenvalue weighted by molar-refractivity contribution is -0.136. The monoisotopic (exact) mass is 228 g/mol. The molecule has 0 aliphatic heterocycles. The first-order valence-electron chi connectivity index (χ1n) is 4.21. The van der Waals surface area contributed by atoms with Gasteiger partial charge in [-0.15, -0.1) is 0 Å². The normalized spacial score (nSPS) is 11.1. The average Bonchev–Trinajstić information content (AvgIpc) is 1.99. The Morgan fingerprint density at radius 1 is 1.60 bits per heavy atom. The Morgan fingerprint density at radius 3 is 2.80 bits per heavy atom. The first-order valence-corrected chi connectivity index (χ1v) is 6.54. The van der Waals surface area contributed by atoms with Gasteiger partial charge in [-0.05, 0) is 17.7 Å². The number of nitrogens with zero attached hydrogens (tertiary/aromatic N) is 2. The zero-order chi connectivity index (χ0) is 11.5. The Balaban J connectivity index is 3.04. The second kappa shape index (κ2) is 4.39. The molecule has 1 N–H and O–H groups in total. The van der Waals surface area contributed by atoms with Crippen LogP contribution in [0.2, 0.25) is 0 Å². The Bertz CT molecular complexity index is 482. The molecule has 5 nitrogen and oxygen atoms in total. The summed E-state index contributed by atoms with van der Waals surface area (Å²) >= 11 is 0. The number of pyridine rings is 1. The molecule has 1 heterocycles. The largest absolute Gasteiger partial charge is 0.481 e. The van der Waals surface area contributed by atoms with E-state index in [9.17, 15) is 9.00 Å². The van der Waals surface area contributed by atoms with E-state index < -0.39 is 15.7 Å². The van der Waals surface area contributed by atoms with Crippen molar-refractivity contribution < 1.29 is 14.1 Å². The van der Waals surface area contributed by atoms with Crippen molar-refractivity contribution >= 4 is 21.5 Å². The molecule has 1 rings (SSSR count). The highest BCUT2D eigenvalue weighted by Crippen LogP contribution is 2.12. The fourth-order valence-electron chi connectivity index (χ4n) is 1.02. The first kappa shape index (κ1) is 11.6. The first-order chi connectivity index (χ1) is 6.87. The summed E-state index contributed by atoms with van der Waals surface area (Å²) in [4.78, 5) is 14.4. The molecule has 0 saturated carbocycles. The van der Waals surface area contributed by atoms with Crippen LogP contribution in [0.25, 0.3) is 0 Å². The van der Waals surface area contributed by atoms with Gasteiger partial charge in [-0.2, -0.15) is 4.36 Å². The summed E-state index contributed by atoms with van der Waals surface area (Å²) in [5.41, 5.74) is 0.597. The molecule has 0 saturated heterocycles. The van der Waals surface area contributed by atoms with E-state index in [1.54, 1.807) is 6.07 Å². The Morgan fingerprint density at radius 2 is 2.27 bits per heavy atom. The number of rotatable bonds is 3. The van der Waals surface area contributed by atoms with E-state index in [-0.39, 0.29) is 6.42 Å². The Hall–Kier alpha value is -1.43. The molecule has 0 aliphatic rings. The molecule has 0 aromatic carbocycles. The third-order valence-corrected chi connectivity index (χ3v) is 2.11. The van der Waals surface area contributed by atoms with Gasteiger partial charge in [0.05, 0.1) is 6.42 Å². The van der Waals surface area contributed by atoms with Crippen LogP contribution in [0.5, 0.6) is 0 Å². The fraction of sp³-hybridized carbons (Fsp3) is 0.333. The lowest BCUT2D eigenvalue weighted by atomic mass is 10.2. The van der Waals surface area contributed by atoms with Crippen LogP contribution < -0.4 is 0 Å². The van der Waals surface area contributed by atoms with Gasteiger partial charge in [0.25, 0.3) is 0 Å². The highest BCUT2D eigenvalue weighted by molar-refractivity contribution is 7.92. The van der Waals surface area contributed by atoms with Crippen molar-refractivity contribution in [2.24, 2.45) is 4.36 Å². The van der Waals surface area contributed by atoms with Gasteiger partial charge in [0.2, 0.25) is 0 Å². The fourth-order valence-corrected chi connectivity index (χ4v) is 1.57. The Labute approximate surface area is 88.3 Å². The lowest BCUT2D eigenvalue weighted by Crippen LogP contribution is -2.00. The van der Waals surface area contributed by atoms with E-state index in [1.165, 1.54) is 24.8 Å². The summed E-state index contributed by atoms with van der Waals surface area (Å²) in [6, 6.07) is 3.13. The molecular formula is C9H12N2O3S. The van der Waals surface area contributed by atoms with Gasteiger partial charge >= 0.3 is 5.97 Å². The van der Waals surface area contributed by atoms with Gasteiger partial charge in [-0.1, -0.05) is 0 Å². The molecule has 0 bridgehead atoms. The average molecular weight is 228 g/mol. The van der Waals surface area contributed by atoms with Crippen molar-refractivity contribution in [1.29, 1.82) is 0 Å². The molecule has 0 fully saturated rings. The zero-order valence-electron chi connectivity index (χ0n) is 8.51. The third kappa shape index (κ3) is 4.55. The topological polar surface area (TPSA) is 79.6 Å². The summed E-state index contributed by atoms with van der Waals surface area (Å²) in [6.45, 7) is 0. The maximum atomic E-state index is 11.4. The number of hydrogen-bond acceptors (Lipinski definition) is 4. The molecule has 82 valence electrons. The van der Waals surface area contributed by atoms with Crippen molar-refractivity contribution in [2.45, 2.75) is 6.42 Å². The number of aromatic nitrogens is 1. The summed E-state index contributed by atoms with van der Waals surface area (Å²) in [5.74, 6) is -0.607. The van der Waals surface area contributed by atoms with Gasteiger partial charge in [0.15, 0.2) is 5.82 Å². The van der Waals surface area contributed by atoms with Gasteiger partial charge < -0.3 is 5.11 Å². The van der Waals surface area contributed by atoms with Crippen LogP contribution in [0.4, 0.5) is 5.82 Å². The number of carboxylic acid groups (broad SMARTS) is 1. The molecular weight excluding hydrogens is 216 g/mol. The van der Waals surface area contributed by atoms with Crippen molar-refractivity contribution in [3.8, 4) is 0 Å². The van der Waals surface area contributed by atoms with E-state index in [0.29, 0.717) is 11.4 Å².